The van der Waals surface area contributed by atoms with Crippen molar-refractivity contribution in [1.82, 2.24) is 15.6 Å². The molecular formula is C25H33N5O4. The Bertz CT molecular complexity index is 1020. The number of amides is 2. The van der Waals surface area contributed by atoms with Gasteiger partial charge in [-0.1, -0.05) is 19.3 Å². The smallest absolute Gasteiger partial charge is 0.243 e. The monoisotopic (exact) mass is 467 g/mol. The highest BCUT2D eigenvalue weighted by molar-refractivity contribution is 5.90. The summed E-state index contributed by atoms with van der Waals surface area (Å²) < 4.78 is 0. The van der Waals surface area contributed by atoms with E-state index in [-0.39, 0.29) is 0 Å². The van der Waals surface area contributed by atoms with E-state index < -0.39 is 36.5 Å². The second kappa shape index (κ2) is 13.9. The van der Waals surface area contributed by atoms with E-state index in [0.29, 0.717) is 38.5 Å². The van der Waals surface area contributed by atoms with Gasteiger partial charge in [-0.3, -0.25) is 9.59 Å². The molecule has 0 saturated heterocycles. The van der Waals surface area contributed by atoms with Crippen LogP contribution in [-0.2, 0) is 14.4 Å². The van der Waals surface area contributed by atoms with Crippen LogP contribution < -0.4 is 21.7 Å². The Labute approximate surface area is 199 Å². The Morgan fingerprint density at radius 1 is 1.18 bits per heavy atom. The van der Waals surface area contributed by atoms with Crippen molar-refractivity contribution < 1.29 is 19.5 Å². The van der Waals surface area contributed by atoms with Gasteiger partial charge in [-0.2, -0.15) is 0 Å². The number of carbonyl (C=O) groups is 3. The average molecular weight is 468 g/mol. The highest BCUT2D eigenvalue weighted by Gasteiger charge is 2.24. The zero-order chi connectivity index (χ0) is 24.9. The number of anilines is 1. The number of benzene rings is 1. The number of aliphatic hydroxyl groups excluding tert-OH is 1. The van der Waals surface area contributed by atoms with Crippen LogP contribution in [0.2, 0.25) is 0 Å². The molecule has 0 saturated carbocycles. The number of aliphatic hydroxyl groups is 1. The molecule has 0 aliphatic rings. The topological polar surface area (TPSA) is 146 Å². The van der Waals surface area contributed by atoms with Crippen LogP contribution in [-0.4, -0.2) is 59.5 Å². The molecule has 3 unspecified atom stereocenters. The maximum atomic E-state index is 12.6. The number of fused-ring (bicyclic) bond motifs is 1. The van der Waals surface area contributed by atoms with Crippen molar-refractivity contribution in [3.63, 3.8) is 0 Å². The van der Waals surface area contributed by atoms with Gasteiger partial charge in [0, 0.05) is 17.5 Å². The van der Waals surface area contributed by atoms with Gasteiger partial charge >= 0.3 is 0 Å². The molecule has 6 N–H and O–H groups in total. The number of pyridine rings is 1. The Kier molecular flexibility index (Phi) is 11.0. The first-order valence-corrected chi connectivity index (χ1v) is 11.5. The molecule has 0 spiro atoms. The molecule has 9 heteroatoms. The summed E-state index contributed by atoms with van der Waals surface area (Å²) >= 11 is 0. The van der Waals surface area contributed by atoms with Crippen molar-refractivity contribution in [2.24, 2.45) is 5.73 Å². The average Bonchev–Trinajstić information content (AvgIpc) is 2.86. The molecule has 0 bridgehead atoms. The number of nitrogens with two attached hydrogens (primary N) is 1. The minimum Gasteiger partial charge on any atom is -0.394 e. The van der Waals surface area contributed by atoms with Gasteiger partial charge in [0.2, 0.25) is 11.8 Å². The molecular weight excluding hydrogens is 434 g/mol. The lowest BCUT2D eigenvalue weighted by molar-refractivity contribution is -0.131. The molecule has 1 aromatic carbocycles. The number of nitrogens with one attached hydrogen (secondary N) is 3. The number of aromatic nitrogens is 1. The third kappa shape index (κ3) is 8.14. The van der Waals surface area contributed by atoms with Crippen LogP contribution >= 0.6 is 0 Å². The highest BCUT2D eigenvalue weighted by Crippen LogP contribution is 2.17. The maximum Gasteiger partial charge on any atom is 0.243 e. The summed E-state index contributed by atoms with van der Waals surface area (Å²) in [5.74, 6) is 2.31. The van der Waals surface area contributed by atoms with E-state index in [0.717, 1.165) is 28.7 Å². The van der Waals surface area contributed by atoms with Crippen molar-refractivity contribution in [2.75, 3.05) is 18.5 Å². The lowest BCUT2D eigenvalue weighted by Gasteiger charge is -2.21. The summed E-state index contributed by atoms with van der Waals surface area (Å²) in [6, 6.07) is 6.94. The predicted molar refractivity (Wildman–Crippen MR) is 132 cm³/mol. The van der Waals surface area contributed by atoms with E-state index in [2.05, 4.69) is 26.9 Å². The van der Waals surface area contributed by atoms with Crippen LogP contribution in [0.4, 0.5) is 5.82 Å². The summed E-state index contributed by atoms with van der Waals surface area (Å²) in [6.07, 6.45) is 9.13. The van der Waals surface area contributed by atoms with Gasteiger partial charge in [0.25, 0.3) is 0 Å². The molecule has 182 valence electrons. The van der Waals surface area contributed by atoms with Crippen LogP contribution in [0.15, 0.2) is 30.3 Å². The minimum absolute atomic E-state index is 0.397. The normalized spacial score (nSPS) is 13.4. The van der Waals surface area contributed by atoms with Crippen LogP contribution in [0, 0.1) is 12.3 Å². The number of hydrogen-bond donors (Lipinski definition) is 5. The molecule has 1 aromatic heterocycles. The number of rotatable bonds is 14. The maximum absolute atomic E-state index is 12.6. The van der Waals surface area contributed by atoms with E-state index >= 15 is 0 Å². The fraction of sp³-hybridized carbons (Fsp3) is 0.440. The number of terminal acetylenes is 1. The van der Waals surface area contributed by atoms with Gasteiger partial charge in [0.15, 0.2) is 0 Å². The van der Waals surface area contributed by atoms with Crippen molar-refractivity contribution >= 4 is 34.8 Å². The number of hydrogen-bond acceptors (Lipinski definition) is 7. The first-order valence-electron chi connectivity index (χ1n) is 11.5. The van der Waals surface area contributed by atoms with Gasteiger partial charge < -0.3 is 31.6 Å². The Morgan fingerprint density at radius 3 is 2.65 bits per heavy atom. The summed E-state index contributed by atoms with van der Waals surface area (Å²) in [7, 11) is 0. The SMILES string of the molecule is C#Cc1ccc2nc(NCCCCC(C=O)NC(=O)C(CCC)NC(=O)C(N)CO)ccc2c1. The second-order valence-electron chi connectivity index (χ2n) is 8.06. The molecule has 9 nitrogen and oxygen atoms in total. The first-order chi connectivity index (χ1) is 16.4. The molecule has 2 rings (SSSR count). The molecule has 0 radical (unpaired) electrons. The largest absolute Gasteiger partial charge is 0.394 e. The zero-order valence-corrected chi connectivity index (χ0v) is 19.4. The predicted octanol–water partition coefficient (Wildman–Crippen LogP) is 1.09. The quantitative estimate of drug-likeness (QED) is 0.159. The van der Waals surface area contributed by atoms with Gasteiger partial charge in [0.1, 0.15) is 24.2 Å². The Balaban J connectivity index is 1.78. The molecule has 2 aromatic rings. The number of nitrogens with zero attached hydrogens (tertiary/aromatic N) is 1. The number of unbranched alkanes of at least 4 members (excludes halogenated alkanes) is 1. The first kappa shape index (κ1) is 26.8. The zero-order valence-electron chi connectivity index (χ0n) is 19.4. The second-order valence-corrected chi connectivity index (χ2v) is 8.06. The van der Waals surface area contributed by atoms with E-state index in [9.17, 15) is 14.4 Å². The molecule has 0 fully saturated rings. The van der Waals surface area contributed by atoms with E-state index in [1.807, 2.05) is 37.3 Å². The summed E-state index contributed by atoms with van der Waals surface area (Å²) in [6.45, 7) is 2.02. The van der Waals surface area contributed by atoms with Crippen molar-refractivity contribution in [3.8, 4) is 12.3 Å². The van der Waals surface area contributed by atoms with Crippen LogP contribution in [0.1, 0.15) is 44.6 Å². The van der Waals surface area contributed by atoms with Crippen molar-refractivity contribution in [3.05, 3.63) is 35.9 Å². The lowest BCUT2D eigenvalue weighted by atomic mass is 10.1. The summed E-state index contributed by atoms with van der Waals surface area (Å²) in [5.41, 5.74) is 7.15. The molecule has 2 amide bonds. The molecule has 3 atom stereocenters. The lowest BCUT2D eigenvalue weighted by Crippen LogP contribution is -2.54. The fourth-order valence-electron chi connectivity index (χ4n) is 3.40. The van der Waals surface area contributed by atoms with Crippen molar-refractivity contribution in [2.45, 2.75) is 57.2 Å². The third-order valence-corrected chi connectivity index (χ3v) is 5.34. The summed E-state index contributed by atoms with van der Waals surface area (Å²) in [4.78, 5) is 40.5. The van der Waals surface area contributed by atoms with Gasteiger partial charge in [0.05, 0.1) is 18.2 Å². The van der Waals surface area contributed by atoms with Gasteiger partial charge in [-0.25, -0.2) is 4.98 Å². The molecule has 1 heterocycles. The standard InChI is InChI=1S/C25H33N5O4/c1-3-7-22(30-24(33)20(26)16-32)25(34)28-19(15-31)8-5-6-13-27-23-12-10-18-14-17(4-2)9-11-21(18)29-23/h2,9-12,14-15,19-20,22,32H,3,5-8,13,16,26H2,1H3,(H,27,29)(H,28,34)(H,30,33). The van der Waals surface area contributed by atoms with Gasteiger partial charge in [-0.15, -0.1) is 6.42 Å². The molecule has 0 aliphatic carbocycles. The number of carbonyl (C=O) groups excluding carboxylic acids is 3. The molecule has 0 aliphatic heterocycles. The van der Waals surface area contributed by atoms with Crippen molar-refractivity contribution in [1.29, 1.82) is 0 Å². The summed E-state index contributed by atoms with van der Waals surface area (Å²) in [5, 5.41) is 18.5. The van der Waals surface area contributed by atoms with Gasteiger partial charge in [-0.05, 0) is 56.0 Å². The number of aldehydes is 1. The van der Waals surface area contributed by atoms with E-state index in [1.54, 1.807) is 0 Å². The fourth-order valence-corrected chi connectivity index (χ4v) is 3.40. The minimum atomic E-state index is -1.10. The van der Waals surface area contributed by atoms with Crippen LogP contribution in [0.5, 0.6) is 0 Å². The highest BCUT2D eigenvalue weighted by atomic mass is 16.3. The Hall–Kier alpha value is -3.48. The molecule has 34 heavy (non-hydrogen) atoms. The van der Waals surface area contributed by atoms with Crippen LogP contribution in [0.3, 0.4) is 0 Å². The van der Waals surface area contributed by atoms with E-state index in [1.165, 1.54) is 0 Å². The third-order valence-electron chi connectivity index (χ3n) is 5.34. The van der Waals surface area contributed by atoms with E-state index in [4.69, 9.17) is 17.3 Å². The van der Waals surface area contributed by atoms with Crippen LogP contribution in [0.25, 0.3) is 10.9 Å². The Morgan fingerprint density at radius 2 is 1.97 bits per heavy atom.